The third kappa shape index (κ3) is 2.07. The second-order valence-electron chi connectivity index (χ2n) is 2.06. The predicted molar refractivity (Wildman–Crippen MR) is 35.2 cm³/mol. The number of hydrogen-bond acceptors (Lipinski definition) is 4. The van der Waals surface area contributed by atoms with Crippen LogP contribution in [0.5, 0.6) is 0 Å². The molecule has 1 heterocycles. The van der Waals surface area contributed by atoms with Crippen LogP contribution in [0.3, 0.4) is 0 Å². The fraction of sp³-hybridized carbons (Fsp3) is 0.429. The lowest BCUT2D eigenvalue weighted by molar-refractivity contribution is -0.147. The lowest BCUT2D eigenvalue weighted by Crippen LogP contribution is -2.01. The van der Waals surface area contributed by atoms with Crippen molar-refractivity contribution >= 4 is 11.9 Å². The number of ether oxygens (including phenoxy) is 2. The Labute approximate surface area is 63.8 Å². The van der Waals surface area contributed by atoms with Crippen molar-refractivity contribution < 1.29 is 19.1 Å². The maximum atomic E-state index is 10.7. The Morgan fingerprint density at radius 2 is 1.64 bits per heavy atom. The molecule has 4 heteroatoms. The van der Waals surface area contributed by atoms with Crippen molar-refractivity contribution in [2.75, 3.05) is 0 Å². The number of cyclic esters (lactones) is 2. The van der Waals surface area contributed by atoms with Crippen LogP contribution < -0.4 is 0 Å². The molecular weight excluding hydrogens is 148 g/mol. The van der Waals surface area contributed by atoms with E-state index in [-0.39, 0.29) is 18.8 Å². The topological polar surface area (TPSA) is 52.6 Å². The average molecular weight is 156 g/mol. The van der Waals surface area contributed by atoms with Gasteiger partial charge in [-0.1, -0.05) is 0 Å². The van der Waals surface area contributed by atoms with E-state index in [0.717, 1.165) is 0 Å². The van der Waals surface area contributed by atoms with Gasteiger partial charge in [-0.2, -0.15) is 0 Å². The van der Waals surface area contributed by atoms with Crippen LogP contribution in [0.2, 0.25) is 0 Å². The third-order valence-corrected chi connectivity index (χ3v) is 1.20. The van der Waals surface area contributed by atoms with E-state index in [0.29, 0.717) is 0 Å². The average Bonchev–Trinajstić information content (AvgIpc) is 2.13. The molecule has 4 nitrogen and oxygen atoms in total. The van der Waals surface area contributed by atoms with Gasteiger partial charge in [0.1, 0.15) is 0 Å². The number of rotatable bonds is 0. The van der Waals surface area contributed by atoms with Gasteiger partial charge in [0, 0.05) is 0 Å². The van der Waals surface area contributed by atoms with Crippen molar-refractivity contribution in [1.82, 2.24) is 0 Å². The monoisotopic (exact) mass is 156 g/mol. The highest BCUT2D eigenvalue weighted by molar-refractivity contribution is 5.80. The van der Waals surface area contributed by atoms with Crippen LogP contribution in [0, 0.1) is 0 Å². The van der Waals surface area contributed by atoms with Crippen LogP contribution in [-0.4, -0.2) is 11.9 Å². The Balaban J connectivity index is 2.70. The minimum atomic E-state index is -0.427. The summed E-state index contributed by atoms with van der Waals surface area (Å²) in [4.78, 5) is 21.4. The fourth-order valence-corrected chi connectivity index (χ4v) is 0.669. The smallest absolute Gasteiger partial charge is 0.314 e. The molecule has 11 heavy (non-hydrogen) atoms. The van der Waals surface area contributed by atoms with Gasteiger partial charge < -0.3 is 9.47 Å². The van der Waals surface area contributed by atoms with Crippen LogP contribution in [-0.2, 0) is 19.1 Å². The second-order valence-corrected chi connectivity index (χ2v) is 2.06. The van der Waals surface area contributed by atoms with Gasteiger partial charge in [0.25, 0.3) is 5.95 Å². The molecule has 0 N–H and O–H groups in total. The van der Waals surface area contributed by atoms with Crippen molar-refractivity contribution in [3.05, 3.63) is 12.0 Å². The van der Waals surface area contributed by atoms with E-state index in [1.54, 1.807) is 6.92 Å². The molecule has 0 aliphatic carbocycles. The van der Waals surface area contributed by atoms with Crippen molar-refractivity contribution in [2.45, 2.75) is 19.8 Å². The van der Waals surface area contributed by atoms with Crippen LogP contribution >= 0.6 is 0 Å². The summed E-state index contributed by atoms with van der Waals surface area (Å²) in [5, 5.41) is 0. The molecule has 0 atom stereocenters. The largest absolute Gasteiger partial charge is 0.393 e. The Hall–Kier alpha value is -1.32. The molecule has 1 aliphatic heterocycles. The highest BCUT2D eigenvalue weighted by atomic mass is 16.7. The Kier molecular flexibility index (Phi) is 2.25. The van der Waals surface area contributed by atoms with Crippen molar-refractivity contribution in [3.8, 4) is 0 Å². The number of carbonyl (C=O) groups excluding carboxylic acids is 2. The highest BCUT2D eigenvalue weighted by Crippen LogP contribution is 2.10. The molecular formula is C7H8O4. The van der Waals surface area contributed by atoms with Crippen LogP contribution in [0.4, 0.5) is 0 Å². The minimum Gasteiger partial charge on any atom is -0.393 e. The Morgan fingerprint density at radius 1 is 1.18 bits per heavy atom. The fourth-order valence-electron chi connectivity index (χ4n) is 0.669. The van der Waals surface area contributed by atoms with E-state index in [9.17, 15) is 9.59 Å². The first-order chi connectivity index (χ1) is 5.22. The lowest BCUT2D eigenvalue weighted by Gasteiger charge is -2.00. The summed E-state index contributed by atoms with van der Waals surface area (Å²) in [5.41, 5.74) is 0. The Bertz CT molecular complexity index is 196. The van der Waals surface area contributed by atoms with Gasteiger partial charge in [0.2, 0.25) is 0 Å². The zero-order valence-electron chi connectivity index (χ0n) is 6.12. The molecule has 1 rings (SSSR count). The summed E-state index contributed by atoms with van der Waals surface area (Å²) < 4.78 is 9.22. The van der Waals surface area contributed by atoms with Gasteiger partial charge in [-0.15, -0.1) is 0 Å². The number of hydrogen-bond donors (Lipinski definition) is 0. The number of allylic oxidation sites excluding steroid dienone is 1. The van der Waals surface area contributed by atoms with Crippen molar-refractivity contribution in [2.24, 2.45) is 0 Å². The summed E-state index contributed by atoms with van der Waals surface area (Å²) in [6.07, 6.45) is 1.62. The molecule has 0 aromatic rings. The quantitative estimate of drug-likeness (QED) is 0.485. The lowest BCUT2D eigenvalue weighted by atomic mass is 10.3. The van der Waals surface area contributed by atoms with E-state index >= 15 is 0 Å². The molecule has 0 spiro atoms. The molecule has 0 aromatic heterocycles. The first-order valence-corrected chi connectivity index (χ1v) is 3.30. The van der Waals surface area contributed by atoms with E-state index in [4.69, 9.17) is 0 Å². The zero-order valence-corrected chi connectivity index (χ0v) is 6.12. The number of esters is 2. The molecule has 0 aromatic carbocycles. The number of carbonyl (C=O) groups is 2. The van der Waals surface area contributed by atoms with Crippen LogP contribution in [0.25, 0.3) is 0 Å². The van der Waals surface area contributed by atoms with E-state index in [1.165, 1.54) is 6.08 Å². The SMILES string of the molecule is CC=C1OC(=O)CCC(=O)O1. The molecule has 0 saturated carbocycles. The molecule has 1 saturated heterocycles. The van der Waals surface area contributed by atoms with Crippen molar-refractivity contribution in [1.29, 1.82) is 0 Å². The van der Waals surface area contributed by atoms with Gasteiger partial charge in [-0.3, -0.25) is 9.59 Å². The first kappa shape index (κ1) is 7.78. The summed E-state index contributed by atoms with van der Waals surface area (Å²) in [6.45, 7) is 1.63. The van der Waals surface area contributed by atoms with Crippen molar-refractivity contribution in [3.63, 3.8) is 0 Å². The molecule has 0 amide bonds. The van der Waals surface area contributed by atoms with Gasteiger partial charge in [-0.25, -0.2) is 0 Å². The standard InChI is InChI=1S/C7H8O4/c1-2-7-10-5(8)3-4-6(9)11-7/h2H,3-4H2,1H3. The molecule has 0 radical (unpaired) electrons. The van der Waals surface area contributed by atoms with Crippen LogP contribution in [0.1, 0.15) is 19.8 Å². The first-order valence-electron chi connectivity index (χ1n) is 3.30. The summed E-state index contributed by atoms with van der Waals surface area (Å²) in [6, 6.07) is 0. The molecule has 1 aliphatic rings. The van der Waals surface area contributed by atoms with E-state index in [2.05, 4.69) is 9.47 Å². The summed E-state index contributed by atoms with van der Waals surface area (Å²) >= 11 is 0. The van der Waals surface area contributed by atoms with E-state index < -0.39 is 11.9 Å². The van der Waals surface area contributed by atoms with Gasteiger partial charge in [-0.05, 0) is 13.0 Å². The molecule has 60 valence electrons. The summed E-state index contributed by atoms with van der Waals surface area (Å²) in [5.74, 6) is -0.870. The minimum absolute atomic E-state index is 0.0162. The predicted octanol–water partition coefficient (Wildman–Crippen LogP) is 0.728. The maximum Gasteiger partial charge on any atom is 0.314 e. The van der Waals surface area contributed by atoms with Gasteiger partial charge in [0.15, 0.2) is 0 Å². The maximum absolute atomic E-state index is 10.7. The molecule has 0 bridgehead atoms. The molecule has 1 fully saturated rings. The molecule has 0 unspecified atom stereocenters. The third-order valence-electron chi connectivity index (χ3n) is 1.20. The van der Waals surface area contributed by atoms with E-state index in [1.807, 2.05) is 0 Å². The summed E-state index contributed by atoms with van der Waals surface area (Å²) in [7, 11) is 0. The Morgan fingerprint density at radius 3 is 2.00 bits per heavy atom. The normalized spacial score (nSPS) is 18.5. The zero-order chi connectivity index (χ0) is 8.27. The second kappa shape index (κ2) is 3.18. The highest BCUT2D eigenvalue weighted by Gasteiger charge is 2.18. The van der Waals surface area contributed by atoms with Gasteiger partial charge in [0.05, 0.1) is 12.8 Å². The van der Waals surface area contributed by atoms with Crippen LogP contribution in [0.15, 0.2) is 12.0 Å². The van der Waals surface area contributed by atoms with Gasteiger partial charge >= 0.3 is 11.9 Å².